The zero-order chi connectivity index (χ0) is 21.0. The molecule has 1 aromatic heterocycles. The first-order chi connectivity index (χ1) is 13.9. The molecule has 4 nitrogen and oxygen atoms in total. The van der Waals surface area contributed by atoms with Crippen molar-refractivity contribution in [2.75, 3.05) is 0 Å². The third kappa shape index (κ3) is 5.34. The normalized spacial score (nSPS) is 11.2. The van der Waals surface area contributed by atoms with Crippen molar-refractivity contribution < 1.29 is 9.53 Å². The van der Waals surface area contributed by atoms with Crippen LogP contribution < -0.4 is 0 Å². The number of ether oxygens (including phenoxy) is 1. The molecule has 3 aromatic rings. The molecule has 8 heteroatoms. The summed E-state index contributed by atoms with van der Waals surface area (Å²) >= 11 is 24.8. The minimum absolute atomic E-state index is 0.0276. The van der Waals surface area contributed by atoms with Crippen LogP contribution >= 0.6 is 46.4 Å². The Balaban J connectivity index is 1.69. The van der Waals surface area contributed by atoms with Crippen molar-refractivity contribution in [2.24, 2.45) is 0 Å². The number of aromatic nitrogens is 2. The van der Waals surface area contributed by atoms with Gasteiger partial charge >= 0.3 is 5.97 Å². The second-order valence-electron chi connectivity index (χ2n) is 6.18. The lowest BCUT2D eigenvalue weighted by Crippen LogP contribution is -2.02. The Bertz CT molecular complexity index is 1060. The molecule has 0 aliphatic carbocycles. The number of halogens is 4. The van der Waals surface area contributed by atoms with Crippen LogP contribution in [0.3, 0.4) is 0 Å². The van der Waals surface area contributed by atoms with Gasteiger partial charge in [-0.3, -0.25) is 0 Å². The van der Waals surface area contributed by atoms with E-state index in [1.165, 1.54) is 6.08 Å². The van der Waals surface area contributed by atoms with Gasteiger partial charge < -0.3 is 4.74 Å². The van der Waals surface area contributed by atoms with E-state index >= 15 is 0 Å². The van der Waals surface area contributed by atoms with E-state index in [0.717, 1.165) is 5.56 Å². The highest BCUT2D eigenvalue weighted by Crippen LogP contribution is 2.26. The number of rotatable bonds is 6. The van der Waals surface area contributed by atoms with Crippen LogP contribution in [0.4, 0.5) is 0 Å². The highest BCUT2D eigenvalue weighted by Gasteiger charge is 2.13. The minimum Gasteiger partial charge on any atom is -0.458 e. The monoisotopic (exact) mass is 468 g/mol. The average molecular weight is 470 g/mol. The molecule has 0 N–H and O–H groups in total. The number of hydrogen-bond donors (Lipinski definition) is 0. The van der Waals surface area contributed by atoms with Crippen LogP contribution in [0.25, 0.3) is 6.08 Å². The Labute approximate surface area is 188 Å². The first kappa shape index (κ1) is 21.7. The lowest BCUT2D eigenvalue weighted by Gasteiger charge is -2.06. The molecule has 0 aliphatic rings. The third-order valence-corrected chi connectivity index (χ3v) is 5.67. The maximum Gasteiger partial charge on any atom is 0.331 e. The number of benzene rings is 2. The molecule has 3 rings (SSSR count). The molecule has 0 saturated carbocycles. The summed E-state index contributed by atoms with van der Waals surface area (Å²) in [6.07, 6.45) is 2.87. The summed E-state index contributed by atoms with van der Waals surface area (Å²) in [5.74, 6) is -0.546. The molecule has 29 heavy (non-hydrogen) atoms. The van der Waals surface area contributed by atoms with E-state index < -0.39 is 5.97 Å². The summed E-state index contributed by atoms with van der Waals surface area (Å²) in [4.78, 5) is 12.1. The van der Waals surface area contributed by atoms with Crippen molar-refractivity contribution in [1.29, 1.82) is 0 Å². The number of hydrogen-bond acceptors (Lipinski definition) is 3. The van der Waals surface area contributed by atoms with Gasteiger partial charge in [0.15, 0.2) is 0 Å². The van der Waals surface area contributed by atoms with Crippen LogP contribution in [0, 0.1) is 6.92 Å². The van der Waals surface area contributed by atoms with Crippen molar-refractivity contribution in [3.8, 4) is 0 Å². The molecule has 0 fully saturated rings. The first-order valence-corrected chi connectivity index (χ1v) is 10.1. The summed E-state index contributed by atoms with van der Waals surface area (Å²) in [5.41, 5.74) is 2.76. The van der Waals surface area contributed by atoms with Gasteiger partial charge in [0.2, 0.25) is 0 Å². The quantitative estimate of drug-likeness (QED) is 0.301. The summed E-state index contributed by atoms with van der Waals surface area (Å²) < 4.78 is 6.86. The Morgan fingerprint density at radius 3 is 2.38 bits per heavy atom. The van der Waals surface area contributed by atoms with Crippen molar-refractivity contribution in [3.63, 3.8) is 0 Å². The van der Waals surface area contributed by atoms with Crippen LogP contribution in [-0.2, 0) is 22.7 Å². The number of carbonyl (C=O) groups excluding carboxylic acids is 1. The van der Waals surface area contributed by atoms with Crippen molar-refractivity contribution in [2.45, 2.75) is 20.1 Å². The third-order valence-electron chi connectivity index (χ3n) is 4.19. The van der Waals surface area contributed by atoms with Gasteiger partial charge in [-0.15, -0.1) is 0 Å². The van der Waals surface area contributed by atoms with Crippen LogP contribution in [0.1, 0.15) is 22.4 Å². The van der Waals surface area contributed by atoms with Gasteiger partial charge in [0.05, 0.1) is 12.2 Å². The molecule has 150 valence electrons. The van der Waals surface area contributed by atoms with E-state index in [1.807, 2.05) is 31.2 Å². The highest BCUT2D eigenvalue weighted by atomic mass is 35.5. The number of aryl methyl sites for hydroxylation is 1. The fourth-order valence-electron chi connectivity index (χ4n) is 2.66. The zero-order valence-electron chi connectivity index (χ0n) is 15.3. The lowest BCUT2D eigenvalue weighted by molar-refractivity contribution is -0.138. The van der Waals surface area contributed by atoms with Gasteiger partial charge in [0.1, 0.15) is 11.8 Å². The van der Waals surface area contributed by atoms with Gasteiger partial charge in [0.25, 0.3) is 0 Å². The number of carbonyl (C=O) groups is 1. The molecule has 0 bridgehead atoms. The molecule has 0 atom stereocenters. The average Bonchev–Trinajstić information content (AvgIpc) is 2.94. The highest BCUT2D eigenvalue weighted by molar-refractivity contribution is 6.36. The largest absolute Gasteiger partial charge is 0.458 e. The standard InChI is InChI=1S/C21H16Cl4N2O2/c1-13-15(21(25)27(26-13)11-14-5-2-3-6-17(14)22)9-10-20(28)29-12-16-18(23)7-4-8-19(16)24/h2-10H,11-12H2,1H3. The summed E-state index contributed by atoms with van der Waals surface area (Å²) in [6, 6.07) is 12.6. The van der Waals surface area contributed by atoms with Crippen molar-refractivity contribution in [1.82, 2.24) is 9.78 Å². The fourth-order valence-corrected chi connectivity index (χ4v) is 3.66. The molecule has 0 amide bonds. The van der Waals surface area contributed by atoms with E-state index in [2.05, 4.69) is 5.10 Å². The van der Waals surface area contributed by atoms with Gasteiger partial charge in [-0.2, -0.15) is 5.10 Å². The molecule has 0 saturated heterocycles. The van der Waals surface area contributed by atoms with Crippen LogP contribution in [-0.4, -0.2) is 15.7 Å². The molecule has 2 aromatic carbocycles. The smallest absolute Gasteiger partial charge is 0.331 e. The molecule has 0 spiro atoms. The SMILES string of the molecule is Cc1nn(Cc2ccccc2Cl)c(Cl)c1C=CC(=O)OCc1c(Cl)cccc1Cl. The topological polar surface area (TPSA) is 44.1 Å². The van der Waals surface area contributed by atoms with Gasteiger partial charge in [-0.05, 0) is 36.8 Å². The molecule has 1 heterocycles. The second-order valence-corrected chi connectivity index (χ2v) is 7.76. The van der Waals surface area contributed by atoms with Gasteiger partial charge in [-0.25, -0.2) is 9.48 Å². The number of esters is 1. The van der Waals surface area contributed by atoms with E-state index in [0.29, 0.717) is 43.6 Å². The Hall–Kier alpha value is -1.98. The predicted molar refractivity (Wildman–Crippen MR) is 118 cm³/mol. The summed E-state index contributed by atoms with van der Waals surface area (Å²) in [7, 11) is 0. The first-order valence-electron chi connectivity index (χ1n) is 8.61. The van der Waals surface area contributed by atoms with E-state index in [9.17, 15) is 4.79 Å². The summed E-state index contributed by atoms with van der Waals surface area (Å²) in [5, 5.41) is 6.35. The van der Waals surface area contributed by atoms with E-state index in [1.54, 1.807) is 29.0 Å². The molecule has 0 aliphatic heterocycles. The molecular weight excluding hydrogens is 454 g/mol. The second kappa shape index (κ2) is 9.68. The van der Waals surface area contributed by atoms with Crippen LogP contribution in [0.2, 0.25) is 20.2 Å². The van der Waals surface area contributed by atoms with Gasteiger partial charge in [0, 0.05) is 32.3 Å². The van der Waals surface area contributed by atoms with E-state index in [4.69, 9.17) is 51.1 Å². The maximum absolute atomic E-state index is 12.1. The van der Waals surface area contributed by atoms with Crippen LogP contribution in [0.5, 0.6) is 0 Å². The Morgan fingerprint density at radius 1 is 1.03 bits per heavy atom. The molecule has 0 unspecified atom stereocenters. The maximum atomic E-state index is 12.1. The van der Waals surface area contributed by atoms with Crippen LogP contribution in [0.15, 0.2) is 48.5 Å². The predicted octanol–water partition coefficient (Wildman–Crippen LogP) is 6.61. The van der Waals surface area contributed by atoms with Gasteiger partial charge in [-0.1, -0.05) is 70.7 Å². The van der Waals surface area contributed by atoms with E-state index in [-0.39, 0.29) is 6.61 Å². The molecule has 0 radical (unpaired) electrons. The van der Waals surface area contributed by atoms with Crippen molar-refractivity contribution in [3.05, 3.63) is 91.1 Å². The number of nitrogens with zero attached hydrogens (tertiary/aromatic N) is 2. The fraction of sp³-hybridized carbons (Fsp3) is 0.143. The zero-order valence-corrected chi connectivity index (χ0v) is 18.4. The molecular formula is C21H16Cl4N2O2. The Kier molecular flexibility index (Phi) is 7.25. The Morgan fingerprint density at radius 2 is 1.69 bits per heavy atom. The lowest BCUT2D eigenvalue weighted by atomic mass is 10.2. The van der Waals surface area contributed by atoms with Crippen molar-refractivity contribution >= 4 is 58.4 Å². The summed E-state index contributed by atoms with van der Waals surface area (Å²) in [6.45, 7) is 2.20. The minimum atomic E-state index is -0.546.